The minimum Gasteiger partial charge on any atom is -0.490 e. The zero-order valence-electron chi connectivity index (χ0n) is 13.5. The number of aromatic nitrogens is 2. The molecule has 2 aromatic rings. The number of benzene rings is 1. The van der Waals surface area contributed by atoms with E-state index in [1.807, 2.05) is 13.0 Å². The summed E-state index contributed by atoms with van der Waals surface area (Å²) >= 11 is 1.30. The average molecular weight is 343 g/mol. The van der Waals surface area contributed by atoms with Crippen LogP contribution in [0.2, 0.25) is 0 Å². The van der Waals surface area contributed by atoms with E-state index in [9.17, 15) is 10.1 Å². The number of nitrogens with zero attached hydrogens (tertiary/aromatic N) is 2. The molecule has 0 atom stereocenters. The lowest BCUT2D eigenvalue weighted by atomic mass is 10.1. The Bertz CT molecular complexity index is 840. The molecule has 24 heavy (non-hydrogen) atoms. The largest absolute Gasteiger partial charge is 0.490 e. The predicted molar refractivity (Wildman–Crippen MR) is 93.7 cm³/mol. The van der Waals surface area contributed by atoms with E-state index in [1.54, 1.807) is 30.5 Å². The molecular formula is C17H17N3O3S. The average Bonchev–Trinajstić information content (AvgIpc) is 2.60. The van der Waals surface area contributed by atoms with Gasteiger partial charge in [-0.3, -0.25) is 4.79 Å². The van der Waals surface area contributed by atoms with Crippen LogP contribution in [0.4, 0.5) is 0 Å². The van der Waals surface area contributed by atoms with Crippen molar-refractivity contribution in [3.05, 3.63) is 46.8 Å². The van der Waals surface area contributed by atoms with E-state index in [0.29, 0.717) is 41.1 Å². The highest BCUT2D eigenvalue weighted by Crippen LogP contribution is 2.33. The van der Waals surface area contributed by atoms with E-state index >= 15 is 0 Å². The Kier molecular flexibility index (Phi) is 6.04. The molecule has 0 aliphatic heterocycles. The summed E-state index contributed by atoms with van der Waals surface area (Å²) in [6.07, 6.45) is 3.44. The van der Waals surface area contributed by atoms with Gasteiger partial charge in [0.25, 0.3) is 5.56 Å². The highest BCUT2D eigenvalue weighted by atomic mass is 32.2. The fourth-order valence-electron chi connectivity index (χ4n) is 2.05. The van der Waals surface area contributed by atoms with Gasteiger partial charge in [-0.2, -0.15) is 5.26 Å². The van der Waals surface area contributed by atoms with E-state index in [-0.39, 0.29) is 5.56 Å². The minimum absolute atomic E-state index is 0.0324. The van der Waals surface area contributed by atoms with Crippen molar-refractivity contribution in [1.82, 2.24) is 9.97 Å². The summed E-state index contributed by atoms with van der Waals surface area (Å²) < 4.78 is 11.1. The van der Waals surface area contributed by atoms with E-state index in [2.05, 4.69) is 16.5 Å². The quantitative estimate of drug-likeness (QED) is 0.472. The molecule has 124 valence electrons. The molecule has 0 amide bonds. The second kappa shape index (κ2) is 8.22. The lowest BCUT2D eigenvalue weighted by molar-refractivity contribution is 0.297. The lowest BCUT2D eigenvalue weighted by Gasteiger charge is -2.13. The Balaban J connectivity index is 2.58. The third kappa shape index (κ3) is 3.78. The molecule has 2 rings (SSSR count). The van der Waals surface area contributed by atoms with Gasteiger partial charge in [0.2, 0.25) is 0 Å². The molecule has 0 aliphatic rings. The molecule has 6 nitrogen and oxygen atoms in total. The first-order chi connectivity index (χ1) is 11.6. The highest BCUT2D eigenvalue weighted by Gasteiger charge is 2.15. The van der Waals surface area contributed by atoms with Crippen LogP contribution in [0.5, 0.6) is 11.5 Å². The maximum Gasteiger partial charge on any atom is 0.270 e. The van der Waals surface area contributed by atoms with Gasteiger partial charge in [0.05, 0.1) is 12.3 Å². The molecule has 0 aliphatic carbocycles. The molecule has 0 unspecified atom stereocenters. The molecule has 1 aromatic carbocycles. The van der Waals surface area contributed by atoms with E-state index in [4.69, 9.17) is 9.47 Å². The minimum atomic E-state index is -0.461. The molecular weight excluding hydrogens is 326 g/mol. The SMILES string of the molecule is C=CCOc1ccc(-c2nc(SC)[nH]c(=O)c2C#N)cc1OCC. The number of thioether (sulfide) groups is 1. The highest BCUT2D eigenvalue weighted by molar-refractivity contribution is 7.98. The smallest absolute Gasteiger partial charge is 0.270 e. The Morgan fingerprint density at radius 2 is 2.21 bits per heavy atom. The summed E-state index contributed by atoms with van der Waals surface area (Å²) in [6, 6.07) is 7.10. The number of ether oxygens (including phenoxy) is 2. The number of aromatic amines is 1. The third-order valence-corrected chi connectivity index (χ3v) is 3.66. The summed E-state index contributed by atoms with van der Waals surface area (Å²) in [6.45, 7) is 6.28. The van der Waals surface area contributed by atoms with Crippen LogP contribution in [0.1, 0.15) is 12.5 Å². The Morgan fingerprint density at radius 3 is 2.83 bits per heavy atom. The normalized spacial score (nSPS) is 10.0. The Morgan fingerprint density at radius 1 is 1.42 bits per heavy atom. The van der Waals surface area contributed by atoms with Gasteiger partial charge in [0.1, 0.15) is 18.2 Å². The monoisotopic (exact) mass is 343 g/mol. The molecule has 0 fully saturated rings. The molecule has 0 radical (unpaired) electrons. The number of hydrogen-bond acceptors (Lipinski definition) is 6. The molecule has 0 spiro atoms. The third-order valence-electron chi connectivity index (χ3n) is 3.08. The number of nitrogens with one attached hydrogen (secondary N) is 1. The van der Waals surface area contributed by atoms with Gasteiger partial charge in [-0.15, -0.1) is 0 Å². The summed E-state index contributed by atoms with van der Waals surface area (Å²) in [5.41, 5.74) is 0.441. The van der Waals surface area contributed by atoms with Crippen LogP contribution >= 0.6 is 11.8 Å². The van der Waals surface area contributed by atoms with Crippen molar-refractivity contribution in [2.45, 2.75) is 12.1 Å². The molecule has 0 saturated heterocycles. The van der Waals surface area contributed by atoms with Gasteiger partial charge < -0.3 is 14.5 Å². The van der Waals surface area contributed by atoms with Gasteiger partial charge in [0.15, 0.2) is 16.7 Å². The first-order valence-electron chi connectivity index (χ1n) is 7.23. The van der Waals surface area contributed by atoms with Gasteiger partial charge in [0, 0.05) is 5.56 Å². The van der Waals surface area contributed by atoms with Crippen LogP contribution in [0.25, 0.3) is 11.3 Å². The van der Waals surface area contributed by atoms with Crippen LogP contribution in [0.15, 0.2) is 40.8 Å². The zero-order valence-corrected chi connectivity index (χ0v) is 14.3. The Labute approximate surface area is 144 Å². The lowest BCUT2D eigenvalue weighted by Crippen LogP contribution is -2.14. The van der Waals surface area contributed by atoms with Crippen LogP contribution in [0, 0.1) is 11.3 Å². The van der Waals surface area contributed by atoms with Gasteiger partial charge in [-0.1, -0.05) is 24.4 Å². The summed E-state index contributed by atoms with van der Waals surface area (Å²) in [4.78, 5) is 19.0. The first-order valence-corrected chi connectivity index (χ1v) is 8.46. The summed E-state index contributed by atoms with van der Waals surface area (Å²) in [7, 11) is 0. The summed E-state index contributed by atoms with van der Waals surface area (Å²) in [5, 5.41) is 9.73. The Hall–Kier alpha value is -2.72. The second-order valence-corrected chi connectivity index (χ2v) is 5.40. The van der Waals surface area contributed by atoms with E-state index in [0.717, 1.165) is 0 Å². The zero-order chi connectivity index (χ0) is 17.5. The van der Waals surface area contributed by atoms with Crippen molar-refractivity contribution in [1.29, 1.82) is 5.26 Å². The molecule has 1 N–H and O–H groups in total. The van der Waals surface area contributed by atoms with E-state index in [1.165, 1.54) is 11.8 Å². The van der Waals surface area contributed by atoms with Crippen molar-refractivity contribution >= 4 is 11.8 Å². The second-order valence-electron chi connectivity index (χ2n) is 4.60. The van der Waals surface area contributed by atoms with Crippen molar-refractivity contribution in [2.75, 3.05) is 19.5 Å². The fourth-order valence-corrected chi connectivity index (χ4v) is 2.43. The standard InChI is InChI=1S/C17H17N3O3S/c1-4-8-23-13-7-6-11(9-14(13)22-5-2)15-12(10-18)16(21)20-17(19-15)24-3/h4,6-7,9H,1,5,8H2,2-3H3,(H,19,20,21). The van der Waals surface area contributed by atoms with Crippen molar-refractivity contribution < 1.29 is 9.47 Å². The molecule has 0 bridgehead atoms. The van der Waals surface area contributed by atoms with Gasteiger partial charge in [-0.25, -0.2) is 4.98 Å². The number of H-pyrrole nitrogens is 1. The molecule has 1 heterocycles. The predicted octanol–water partition coefficient (Wildman–Crippen LogP) is 2.99. The number of rotatable bonds is 7. The maximum absolute atomic E-state index is 12.0. The first kappa shape index (κ1) is 17.6. The van der Waals surface area contributed by atoms with Gasteiger partial charge in [-0.05, 0) is 31.4 Å². The number of hydrogen-bond donors (Lipinski definition) is 1. The van der Waals surface area contributed by atoms with Crippen molar-refractivity contribution in [2.24, 2.45) is 0 Å². The van der Waals surface area contributed by atoms with Crippen LogP contribution in [-0.4, -0.2) is 29.4 Å². The van der Waals surface area contributed by atoms with Crippen LogP contribution < -0.4 is 15.0 Å². The molecule has 0 saturated carbocycles. The van der Waals surface area contributed by atoms with Crippen LogP contribution in [-0.2, 0) is 0 Å². The summed E-state index contributed by atoms with van der Waals surface area (Å²) in [5.74, 6) is 1.09. The molecule has 7 heteroatoms. The van der Waals surface area contributed by atoms with Crippen LogP contribution in [0.3, 0.4) is 0 Å². The molecule has 1 aromatic heterocycles. The maximum atomic E-state index is 12.0. The number of nitriles is 1. The van der Waals surface area contributed by atoms with Crippen molar-refractivity contribution in [3.63, 3.8) is 0 Å². The van der Waals surface area contributed by atoms with E-state index < -0.39 is 5.56 Å². The van der Waals surface area contributed by atoms with Gasteiger partial charge >= 0.3 is 0 Å². The fraction of sp³-hybridized carbons (Fsp3) is 0.235. The topological polar surface area (TPSA) is 88.0 Å². The van der Waals surface area contributed by atoms with Crippen molar-refractivity contribution in [3.8, 4) is 28.8 Å².